The van der Waals surface area contributed by atoms with Gasteiger partial charge in [-0.05, 0) is 17.7 Å². The van der Waals surface area contributed by atoms with Crippen LogP contribution in [0.4, 0.5) is 0 Å². The Balaban J connectivity index is 1.75. The van der Waals surface area contributed by atoms with Crippen molar-refractivity contribution in [2.75, 3.05) is 0 Å². The Morgan fingerprint density at radius 2 is 1.61 bits per heavy atom. The first-order chi connectivity index (χ1) is 11.1. The van der Waals surface area contributed by atoms with Gasteiger partial charge in [-0.25, -0.2) is 9.59 Å². The molecule has 3 atom stereocenters. The molecule has 0 amide bonds. The van der Waals surface area contributed by atoms with Gasteiger partial charge in [0.15, 0.2) is 6.10 Å². The van der Waals surface area contributed by atoms with Gasteiger partial charge in [-0.1, -0.05) is 48.5 Å². The van der Waals surface area contributed by atoms with Crippen molar-refractivity contribution < 1.29 is 24.2 Å². The van der Waals surface area contributed by atoms with Crippen molar-refractivity contribution in [1.29, 1.82) is 0 Å². The number of benzene rings is 2. The molecule has 2 aromatic rings. The van der Waals surface area contributed by atoms with Crippen LogP contribution in [-0.2, 0) is 14.3 Å². The third kappa shape index (κ3) is 3.39. The number of hydrogen-bond acceptors (Lipinski definition) is 5. The van der Waals surface area contributed by atoms with E-state index in [9.17, 15) is 14.7 Å². The van der Waals surface area contributed by atoms with E-state index in [0.717, 1.165) is 5.56 Å². The fraction of sp³-hybridized carbons (Fsp3) is 0.176. The summed E-state index contributed by atoms with van der Waals surface area (Å²) < 4.78 is 10.5. The summed E-state index contributed by atoms with van der Waals surface area (Å²) in [6.07, 6.45) is -2.30. The Labute approximate surface area is 132 Å². The average molecular weight is 313 g/mol. The van der Waals surface area contributed by atoms with Gasteiger partial charge in [-0.2, -0.15) is 0 Å². The van der Waals surface area contributed by atoms with Gasteiger partial charge >= 0.3 is 11.9 Å². The number of aliphatic carboxylic acids is 1. The minimum Gasteiger partial charge on any atom is -0.479 e. The smallest absolute Gasteiger partial charge is 0.355 e. The van der Waals surface area contributed by atoms with Crippen molar-refractivity contribution in [1.82, 2.24) is 5.32 Å². The summed E-state index contributed by atoms with van der Waals surface area (Å²) in [6, 6.07) is 16.9. The van der Waals surface area contributed by atoms with Crippen LogP contribution >= 0.6 is 0 Å². The second-order valence-corrected chi connectivity index (χ2v) is 5.06. The molecule has 1 saturated heterocycles. The van der Waals surface area contributed by atoms with Crippen LogP contribution in [0, 0.1) is 0 Å². The molecule has 118 valence electrons. The van der Waals surface area contributed by atoms with E-state index in [1.54, 1.807) is 54.6 Å². The molecule has 3 rings (SSSR count). The monoisotopic (exact) mass is 313 g/mol. The van der Waals surface area contributed by atoms with Gasteiger partial charge in [-0.15, -0.1) is 0 Å². The highest BCUT2D eigenvalue weighted by Crippen LogP contribution is 2.27. The van der Waals surface area contributed by atoms with Crippen LogP contribution in [0.1, 0.15) is 11.6 Å². The Morgan fingerprint density at radius 3 is 2.22 bits per heavy atom. The van der Waals surface area contributed by atoms with Gasteiger partial charge in [0.05, 0.1) is 6.04 Å². The molecule has 1 aliphatic rings. The number of para-hydroxylation sites is 1. The van der Waals surface area contributed by atoms with Crippen molar-refractivity contribution in [3.8, 4) is 5.75 Å². The van der Waals surface area contributed by atoms with Crippen LogP contribution in [0.2, 0.25) is 0 Å². The normalized spacial score (nSPS) is 23.4. The molecule has 6 nitrogen and oxygen atoms in total. The molecular formula is C17H15NO5. The van der Waals surface area contributed by atoms with E-state index in [0.29, 0.717) is 5.75 Å². The van der Waals surface area contributed by atoms with E-state index in [1.165, 1.54) is 0 Å². The fourth-order valence-electron chi connectivity index (χ4n) is 2.43. The molecule has 3 unspecified atom stereocenters. The zero-order chi connectivity index (χ0) is 16.2. The summed E-state index contributed by atoms with van der Waals surface area (Å²) in [7, 11) is 0. The lowest BCUT2D eigenvalue weighted by Crippen LogP contribution is -2.36. The average Bonchev–Trinajstić information content (AvgIpc) is 3.02. The SMILES string of the molecule is O=C(Oc1ccccc1)C1NC(c2ccccc2)C(C(=O)O)O1. The molecule has 0 saturated carbocycles. The Bertz CT molecular complexity index is 689. The number of rotatable bonds is 4. The summed E-state index contributed by atoms with van der Waals surface area (Å²) in [5.74, 6) is -1.44. The van der Waals surface area contributed by atoms with E-state index in [4.69, 9.17) is 9.47 Å². The summed E-state index contributed by atoms with van der Waals surface area (Å²) >= 11 is 0. The fourth-order valence-corrected chi connectivity index (χ4v) is 2.43. The van der Waals surface area contributed by atoms with E-state index in [1.807, 2.05) is 6.07 Å². The molecule has 1 fully saturated rings. The Hall–Kier alpha value is -2.70. The molecule has 2 N–H and O–H groups in total. The maximum Gasteiger partial charge on any atom is 0.355 e. The first-order valence-electron chi connectivity index (χ1n) is 7.11. The number of esters is 1. The van der Waals surface area contributed by atoms with Crippen molar-refractivity contribution in [3.05, 3.63) is 66.2 Å². The zero-order valence-corrected chi connectivity index (χ0v) is 12.1. The van der Waals surface area contributed by atoms with Gasteiger partial charge in [0, 0.05) is 0 Å². The minimum atomic E-state index is -1.16. The van der Waals surface area contributed by atoms with Gasteiger partial charge in [0.2, 0.25) is 6.23 Å². The van der Waals surface area contributed by atoms with Crippen LogP contribution in [0.5, 0.6) is 5.75 Å². The van der Waals surface area contributed by atoms with E-state index >= 15 is 0 Å². The molecule has 0 spiro atoms. The number of carbonyl (C=O) groups is 2. The second-order valence-electron chi connectivity index (χ2n) is 5.06. The molecule has 0 aromatic heterocycles. The quantitative estimate of drug-likeness (QED) is 0.660. The molecule has 23 heavy (non-hydrogen) atoms. The second kappa shape index (κ2) is 6.60. The van der Waals surface area contributed by atoms with Gasteiger partial charge in [-0.3, -0.25) is 5.32 Å². The lowest BCUT2D eigenvalue weighted by molar-refractivity contribution is -0.157. The highest BCUT2D eigenvalue weighted by molar-refractivity contribution is 5.80. The largest absolute Gasteiger partial charge is 0.479 e. The number of nitrogens with one attached hydrogen (secondary N) is 1. The Morgan fingerprint density at radius 1 is 1.00 bits per heavy atom. The number of carbonyl (C=O) groups excluding carboxylic acids is 1. The summed E-state index contributed by atoms with van der Waals surface area (Å²) in [5, 5.41) is 12.2. The van der Waals surface area contributed by atoms with Crippen LogP contribution in [0.3, 0.4) is 0 Å². The molecule has 6 heteroatoms. The van der Waals surface area contributed by atoms with Crippen LogP contribution < -0.4 is 10.1 Å². The summed E-state index contributed by atoms with van der Waals surface area (Å²) in [6.45, 7) is 0. The van der Waals surface area contributed by atoms with Crippen molar-refractivity contribution >= 4 is 11.9 Å². The third-order valence-corrected chi connectivity index (χ3v) is 3.49. The van der Waals surface area contributed by atoms with Gasteiger partial charge < -0.3 is 14.6 Å². The molecule has 0 aliphatic carbocycles. The highest BCUT2D eigenvalue weighted by Gasteiger charge is 2.44. The van der Waals surface area contributed by atoms with Crippen molar-refractivity contribution in [2.45, 2.75) is 18.4 Å². The molecule has 1 aliphatic heterocycles. The number of carboxylic acid groups (broad SMARTS) is 1. The van der Waals surface area contributed by atoms with Crippen molar-refractivity contribution in [2.24, 2.45) is 0 Å². The van der Waals surface area contributed by atoms with Crippen LogP contribution in [0.15, 0.2) is 60.7 Å². The topological polar surface area (TPSA) is 84.9 Å². The van der Waals surface area contributed by atoms with Crippen LogP contribution in [0.25, 0.3) is 0 Å². The van der Waals surface area contributed by atoms with Crippen LogP contribution in [-0.4, -0.2) is 29.4 Å². The maximum absolute atomic E-state index is 12.2. The van der Waals surface area contributed by atoms with Gasteiger partial charge in [0.1, 0.15) is 5.75 Å². The first kappa shape index (κ1) is 15.2. The van der Waals surface area contributed by atoms with E-state index < -0.39 is 30.3 Å². The third-order valence-electron chi connectivity index (χ3n) is 3.49. The Kier molecular flexibility index (Phi) is 4.36. The van der Waals surface area contributed by atoms with Crippen molar-refractivity contribution in [3.63, 3.8) is 0 Å². The van der Waals surface area contributed by atoms with E-state index in [2.05, 4.69) is 5.32 Å². The lowest BCUT2D eigenvalue weighted by Gasteiger charge is -2.14. The lowest BCUT2D eigenvalue weighted by atomic mass is 10.0. The predicted molar refractivity (Wildman–Crippen MR) is 80.7 cm³/mol. The standard InChI is InChI=1S/C17H15NO5/c19-16(20)14-13(11-7-3-1-4-8-11)18-15(23-14)17(21)22-12-9-5-2-6-10-12/h1-10,13-15,18H,(H,19,20). The number of carboxylic acids is 1. The van der Waals surface area contributed by atoms with E-state index in [-0.39, 0.29) is 0 Å². The predicted octanol–water partition coefficient (Wildman–Crippen LogP) is 1.73. The molecule has 0 bridgehead atoms. The first-order valence-corrected chi connectivity index (χ1v) is 7.11. The highest BCUT2D eigenvalue weighted by atomic mass is 16.6. The zero-order valence-electron chi connectivity index (χ0n) is 12.1. The molecule has 2 aromatic carbocycles. The molecular weight excluding hydrogens is 298 g/mol. The molecule has 0 radical (unpaired) electrons. The maximum atomic E-state index is 12.2. The number of hydrogen-bond donors (Lipinski definition) is 2. The summed E-state index contributed by atoms with van der Waals surface area (Å²) in [5.41, 5.74) is 0.731. The summed E-state index contributed by atoms with van der Waals surface area (Å²) in [4.78, 5) is 23.6. The molecule has 1 heterocycles. The van der Waals surface area contributed by atoms with Gasteiger partial charge in [0.25, 0.3) is 0 Å². The number of ether oxygens (including phenoxy) is 2. The minimum absolute atomic E-state index is 0.373.